The minimum Gasteiger partial charge on any atom is -0.384 e. The van der Waals surface area contributed by atoms with E-state index in [4.69, 9.17) is 0 Å². The van der Waals surface area contributed by atoms with Crippen LogP contribution in [0.5, 0.6) is 0 Å². The summed E-state index contributed by atoms with van der Waals surface area (Å²) in [6.07, 6.45) is 13.6. The zero-order chi connectivity index (χ0) is 10.8. The highest BCUT2D eigenvalue weighted by Gasteiger charge is 1.84. The monoisotopic (exact) mass is 196 g/mol. The second kappa shape index (κ2) is 8.67. The number of nitrogens with zero attached hydrogens (tertiary/aromatic N) is 2. The quantitative estimate of drug-likeness (QED) is 0.578. The number of rotatable bonds is 7. The van der Waals surface area contributed by atoms with Gasteiger partial charge in [0.05, 0.1) is 0 Å². The standard InChI is InChI=1S/C12H24N2/c1-13(2)11-9-7-5-6-8-10-12-14(3)4/h9-12H,5-8H2,1-4H3/b11-9+,12-10+. The van der Waals surface area contributed by atoms with Gasteiger partial charge < -0.3 is 9.80 Å². The van der Waals surface area contributed by atoms with Crippen LogP contribution in [0.25, 0.3) is 0 Å². The van der Waals surface area contributed by atoms with Gasteiger partial charge in [-0.3, -0.25) is 0 Å². The van der Waals surface area contributed by atoms with Crippen molar-refractivity contribution in [2.75, 3.05) is 28.2 Å². The number of unbranched alkanes of at least 4 members (excludes halogenated alkanes) is 3. The molecule has 0 saturated carbocycles. The lowest BCUT2D eigenvalue weighted by Gasteiger charge is -2.03. The molecule has 0 aromatic carbocycles. The molecule has 0 heterocycles. The summed E-state index contributed by atoms with van der Waals surface area (Å²) in [5.74, 6) is 0. The van der Waals surface area contributed by atoms with Gasteiger partial charge in [0, 0.05) is 28.2 Å². The number of hydrogen-bond acceptors (Lipinski definition) is 2. The van der Waals surface area contributed by atoms with Gasteiger partial charge in [0.15, 0.2) is 0 Å². The summed E-state index contributed by atoms with van der Waals surface area (Å²) in [6.45, 7) is 0. The minimum absolute atomic E-state index is 1.19. The molecule has 0 spiro atoms. The van der Waals surface area contributed by atoms with E-state index < -0.39 is 0 Å². The van der Waals surface area contributed by atoms with Crippen LogP contribution in [0, 0.1) is 0 Å². The first kappa shape index (κ1) is 13.1. The second-order valence-electron chi connectivity index (χ2n) is 3.98. The van der Waals surface area contributed by atoms with Crippen molar-refractivity contribution in [2.45, 2.75) is 25.7 Å². The highest BCUT2D eigenvalue weighted by atomic mass is 15.0. The van der Waals surface area contributed by atoms with Crippen LogP contribution in [0.4, 0.5) is 0 Å². The van der Waals surface area contributed by atoms with Gasteiger partial charge in [0.25, 0.3) is 0 Å². The van der Waals surface area contributed by atoms with Crippen molar-refractivity contribution in [3.63, 3.8) is 0 Å². The molecular weight excluding hydrogens is 172 g/mol. The molecule has 2 nitrogen and oxygen atoms in total. The van der Waals surface area contributed by atoms with Gasteiger partial charge in [-0.25, -0.2) is 0 Å². The van der Waals surface area contributed by atoms with Gasteiger partial charge in [-0.05, 0) is 38.1 Å². The van der Waals surface area contributed by atoms with E-state index in [0.29, 0.717) is 0 Å². The summed E-state index contributed by atoms with van der Waals surface area (Å²) in [5, 5.41) is 0. The molecular formula is C12H24N2. The highest BCUT2D eigenvalue weighted by molar-refractivity contribution is 4.81. The molecule has 0 aromatic heterocycles. The number of allylic oxidation sites excluding steroid dienone is 2. The van der Waals surface area contributed by atoms with Crippen molar-refractivity contribution in [2.24, 2.45) is 0 Å². The lowest BCUT2D eigenvalue weighted by Crippen LogP contribution is -1.99. The van der Waals surface area contributed by atoms with Crippen molar-refractivity contribution in [1.82, 2.24) is 9.80 Å². The predicted molar refractivity (Wildman–Crippen MR) is 64.1 cm³/mol. The maximum atomic E-state index is 2.23. The maximum Gasteiger partial charge on any atom is 0.00555 e. The molecule has 0 bridgehead atoms. The van der Waals surface area contributed by atoms with E-state index in [1.54, 1.807) is 0 Å². The van der Waals surface area contributed by atoms with E-state index in [2.05, 4.69) is 62.5 Å². The maximum absolute atomic E-state index is 2.23. The summed E-state index contributed by atoms with van der Waals surface area (Å²) >= 11 is 0. The third-order valence-corrected chi connectivity index (χ3v) is 1.80. The first-order valence-corrected chi connectivity index (χ1v) is 5.29. The molecule has 0 radical (unpaired) electrons. The van der Waals surface area contributed by atoms with Gasteiger partial charge in [-0.1, -0.05) is 12.2 Å². The molecule has 0 N–H and O–H groups in total. The zero-order valence-corrected chi connectivity index (χ0v) is 10.0. The molecule has 2 heteroatoms. The van der Waals surface area contributed by atoms with Crippen molar-refractivity contribution >= 4 is 0 Å². The van der Waals surface area contributed by atoms with Crippen molar-refractivity contribution in [1.29, 1.82) is 0 Å². The molecule has 0 aliphatic carbocycles. The first-order valence-electron chi connectivity index (χ1n) is 5.29. The molecule has 0 fully saturated rings. The Balaban J connectivity index is 3.22. The first-order chi connectivity index (χ1) is 6.63. The van der Waals surface area contributed by atoms with E-state index >= 15 is 0 Å². The summed E-state index contributed by atoms with van der Waals surface area (Å²) in [6, 6.07) is 0. The molecule has 82 valence electrons. The third-order valence-electron chi connectivity index (χ3n) is 1.80. The fourth-order valence-corrected chi connectivity index (χ4v) is 1.10. The molecule has 14 heavy (non-hydrogen) atoms. The molecule has 0 atom stereocenters. The van der Waals surface area contributed by atoms with Crippen molar-refractivity contribution in [3.8, 4) is 0 Å². The van der Waals surface area contributed by atoms with Crippen LogP contribution in [0.1, 0.15) is 25.7 Å². The Kier molecular flexibility index (Phi) is 8.10. The Labute approximate surface area is 88.9 Å². The van der Waals surface area contributed by atoms with E-state index in [1.807, 2.05) is 0 Å². The predicted octanol–water partition coefficient (Wildman–Crippen LogP) is 2.70. The normalized spacial score (nSPS) is 11.4. The summed E-state index contributed by atoms with van der Waals surface area (Å²) in [5.41, 5.74) is 0. The zero-order valence-electron chi connectivity index (χ0n) is 10.0. The smallest absolute Gasteiger partial charge is 0.00555 e. The van der Waals surface area contributed by atoms with Crippen molar-refractivity contribution in [3.05, 3.63) is 24.6 Å². The SMILES string of the molecule is CN(C)/C=C/CCCC/C=C/N(C)C. The van der Waals surface area contributed by atoms with Gasteiger partial charge in [0.1, 0.15) is 0 Å². The number of hydrogen-bond donors (Lipinski definition) is 0. The minimum atomic E-state index is 1.19. The van der Waals surface area contributed by atoms with Crippen LogP contribution in [0.15, 0.2) is 24.6 Å². The van der Waals surface area contributed by atoms with Crippen LogP contribution < -0.4 is 0 Å². The van der Waals surface area contributed by atoms with Gasteiger partial charge in [-0.2, -0.15) is 0 Å². The molecule has 0 amide bonds. The average molecular weight is 196 g/mol. The van der Waals surface area contributed by atoms with Crippen molar-refractivity contribution < 1.29 is 0 Å². The second-order valence-corrected chi connectivity index (χ2v) is 3.98. The Morgan fingerprint density at radius 1 is 0.714 bits per heavy atom. The van der Waals surface area contributed by atoms with E-state index in [-0.39, 0.29) is 0 Å². The fraction of sp³-hybridized carbons (Fsp3) is 0.667. The molecule has 0 unspecified atom stereocenters. The molecule has 0 aliphatic rings. The molecule has 0 saturated heterocycles. The lowest BCUT2D eigenvalue weighted by molar-refractivity contribution is 0.557. The largest absolute Gasteiger partial charge is 0.384 e. The summed E-state index contributed by atoms with van der Waals surface area (Å²) < 4.78 is 0. The van der Waals surface area contributed by atoms with Gasteiger partial charge in [0.2, 0.25) is 0 Å². The van der Waals surface area contributed by atoms with Gasteiger partial charge >= 0.3 is 0 Å². The van der Waals surface area contributed by atoms with Crippen LogP contribution in [-0.4, -0.2) is 38.0 Å². The van der Waals surface area contributed by atoms with Crippen LogP contribution in [0.3, 0.4) is 0 Å². The fourth-order valence-electron chi connectivity index (χ4n) is 1.10. The summed E-state index contributed by atoms with van der Waals surface area (Å²) in [7, 11) is 8.21. The third kappa shape index (κ3) is 11.1. The highest BCUT2D eigenvalue weighted by Crippen LogP contribution is 2.01. The topological polar surface area (TPSA) is 6.48 Å². The molecule has 0 aliphatic heterocycles. The van der Waals surface area contributed by atoms with Crippen LogP contribution >= 0.6 is 0 Å². The van der Waals surface area contributed by atoms with Crippen LogP contribution in [-0.2, 0) is 0 Å². The summed E-state index contributed by atoms with van der Waals surface area (Å²) in [4.78, 5) is 4.15. The Bertz CT molecular complexity index is 149. The Hall–Kier alpha value is -0.920. The molecule has 0 aromatic rings. The van der Waals surface area contributed by atoms with E-state index in [9.17, 15) is 0 Å². The van der Waals surface area contributed by atoms with Crippen LogP contribution in [0.2, 0.25) is 0 Å². The molecule has 0 rings (SSSR count). The van der Waals surface area contributed by atoms with Gasteiger partial charge in [-0.15, -0.1) is 0 Å². The Morgan fingerprint density at radius 3 is 1.36 bits per heavy atom. The lowest BCUT2D eigenvalue weighted by atomic mass is 10.2. The Morgan fingerprint density at radius 2 is 1.07 bits per heavy atom. The van der Waals surface area contributed by atoms with E-state index in [0.717, 1.165) is 0 Å². The average Bonchev–Trinajstić information content (AvgIpc) is 2.08. The van der Waals surface area contributed by atoms with E-state index in [1.165, 1.54) is 25.7 Å².